The second-order valence-corrected chi connectivity index (χ2v) is 9.98. The molecule has 4 heteroatoms. The Morgan fingerprint density at radius 2 is 1.91 bits per heavy atom. The molecule has 1 fully saturated rings. The Kier molecular flexibility index (Phi) is 5.92. The van der Waals surface area contributed by atoms with Crippen molar-refractivity contribution in [2.75, 3.05) is 20.1 Å². The number of fused-ring (bicyclic) bond motifs is 3. The SMILES string of the molecule is Cc1ccccc1C1=C[C@H]2CC[C@@H]1C[C@@]2(O)CCN(C)CCCc1nc2ccccc2[nH]1. The largest absolute Gasteiger partial charge is 0.389 e. The number of allylic oxidation sites excluding steroid dienone is 1. The van der Waals surface area contributed by atoms with Gasteiger partial charge in [0.2, 0.25) is 0 Å². The number of hydrogen-bond acceptors (Lipinski definition) is 3. The number of nitrogens with zero attached hydrogens (tertiary/aromatic N) is 2. The van der Waals surface area contributed by atoms with E-state index in [2.05, 4.69) is 71.3 Å². The zero-order chi connectivity index (χ0) is 22.1. The van der Waals surface area contributed by atoms with Crippen molar-refractivity contribution in [3.8, 4) is 0 Å². The molecule has 1 saturated carbocycles. The van der Waals surface area contributed by atoms with Gasteiger partial charge in [-0.2, -0.15) is 0 Å². The molecule has 0 amide bonds. The summed E-state index contributed by atoms with van der Waals surface area (Å²) in [4.78, 5) is 10.5. The molecular weight excluding hydrogens is 394 g/mol. The van der Waals surface area contributed by atoms with Gasteiger partial charge in [-0.25, -0.2) is 4.98 Å². The van der Waals surface area contributed by atoms with Crippen LogP contribution < -0.4 is 0 Å². The number of imidazole rings is 1. The van der Waals surface area contributed by atoms with Crippen LogP contribution in [0.5, 0.6) is 0 Å². The van der Waals surface area contributed by atoms with Gasteiger partial charge in [0.25, 0.3) is 0 Å². The fourth-order valence-electron chi connectivity index (χ4n) is 5.82. The molecule has 3 aromatic rings. The number of benzene rings is 2. The lowest BCUT2D eigenvalue weighted by Gasteiger charge is -2.48. The fourth-order valence-corrected chi connectivity index (χ4v) is 5.82. The molecule has 1 heterocycles. The first kappa shape index (κ1) is 21.4. The molecule has 6 rings (SSSR count). The fraction of sp³-hybridized carbons (Fsp3) is 0.464. The lowest BCUT2D eigenvalue weighted by atomic mass is 9.60. The standard InChI is InChI=1S/C28H35N3O/c1-20-8-3-4-9-23(20)24-18-22-14-13-21(24)19-28(22,32)15-17-31(2)16-7-12-27-29-25-10-5-6-11-26(25)30-27/h3-6,8-11,18,21-22,32H,7,12-17,19H2,1-2H3,(H,29,30)/t21-,22-,28+/m1/s1. The minimum absolute atomic E-state index is 0.283. The summed E-state index contributed by atoms with van der Waals surface area (Å²) in [6.45, 7) is 4.16. The van der Waals surface area contributed by atoms with Crippen LogP contribution in [0.25, 0.3) is 16.6 Å². The second kappa shape index (κ2) is 8.84. The van der Waals surface area contributed by atoms with Crippen LogP contribution >= 0.6 is 0 Å². The first-order valence-corrected chi connectivity index (χ1v) is 12.1. The maximum absolute atomic E-state index is 11.5. The quantitative estimate of drug-likeness (QED) is 0.506. The number of rotatable bonds is 8. The molecule has 3 aliphatic carbocycles. The molecule has 168 valence electrons. The molecule has 0 unspecified atom stereocenters. The highest BCUT2D eigenvalue weighted by molar-refractivity contribution is 5.74. The molecule has 0 aliphatic heterocycles. The monoisotopic (exact) mass is 429 g/mol. The van der Waals surface area contributed by atoms with Crippen LogP contribution in [-0.4, -0.2) is 45.7 Å². The third-order valence-electron chi connectivity index (χ3n) is 7.71. The Morgan fingerprint density at radius 1 is 1.09 bits per heavy atom. The Morgan fingerprint density at radius 3 is 2.69 bits per heavy atom. The topological polar surface area (TPSA) is 52.1 Å². The van der Waals surface area contributed by atoms with Crippen molar-refractivity contribution < 1.29 is 5.11 Å². The van der Waals surface area contributed by atoms with Gasteiger partial charge in [-0.15, -0.1) is 0 Å². The van der Waals surface area contributed by atoms with Gasteiger partial charge in [-0.1, -0.05) is 42.5 Å². The van der Waals surface area contributed by atoms with E-state index in [1.54, 1.807) is 0 Å². The predicted octanol–water partition coefficient (Wildman–Crippen LogP) is 5.37. The Bertz CT molecular complexity index is 1080. The third kappa shape index (κ3) is 4.26. The number of para-hydroxylation sites is 2. The van der Waals surface area contributed by atoms with Crippen LogP contribution in [0.15, 0.2) is 54.6 Å². The second-order valence-electron chi connectivity index (χ2n) is 9.98. The number of aliphatic hydroxyl groups is 1. The highest BCUT2D eigenvalue weighted by atomic mass is 16.3. The van der Waals surface area contributed by atoms with Gasteiger partial charge in [0.1, 0.15) is 5.82 Å². The lowest BCUT2D eigenvalue weighted by Crippen LogP contribution is -2.48. The molecular formula is C28H35N3O. The zero-order valence-corrected chi connectivity index (χ0v) is 19.3. The smallest absolute Gasteiger partial charge is 0.107 e. The summed E-state index contributed by atoms with van der Waals surface area (Å²) >= 11 is 0. The lowest BCUT2D eigenvalue weighted by molar-refractivity contribution is -0.0574. The minimum Gasteiger partial charge on any atom is -0.389 e. The molecule has 1 aromatic heterocycles. The van der Waals surface area contributed by atoms with E-state index in [4.69, 9.17) is 0 Å². The first-order chi connectivity index (χ1) is 15.5. The van der Waals surface area contributed by atoms with Crippen molar-refractivity contribution in [2.45, 2.75) is 51.0 Å². The molecule has 3 atom stereocenters. The van der Waals surface area contributed by atoms with Crippen LogP contribution in [0.2, 0.25) is 0 Å². The van der Waals surface area contributed by atoms with Gasteiger partial charge in [0.05, 0.1) is 16.6 Å². The Balaban J connectivity index is 1.15. The van der Waals surface area contributed by atoms with Gasteiger partial charge in [0, 0.05) is 18.9 Å². The number of hydrogen-bond donors (Lipinski definition) is 2. The molecule has 2 bridgehead atoms. The van der Waals surface area contributed by atoms with Crippen molar-refractivity contribution in [1.29, 1.82) is 0 Å². The van der Waals surface area contributed by atoms with Crippen molar-refractivity contribution in [3.05, 3.63) is 71.6 Å². The summed E-state index contributed by atoms with van der Waals surface area (Å²) < 4.78 is 0. The average Bonchev–Trinajstić information content (AvgIpc) is 3.21. The van der Waals surface area contributed by atoms with Gasteiger partial charge in [-0.3, -0.25) is 0 Å². The Hall–Kier alpha value is -2.43. The summed E-state index contributed by atoms with van der Waals surface area (Å²) in [5.74, 6) is 1.84. The molecule has 2 N–H and O–H groups in total. The van der Waals surface area contributed by atoms with E-state index in [0.717, 1.165) is 62.1 Å². The van der Waals surface area contributed by atoms with Crippen LogP contribution in [0.4, 0.5) is 0 Å². The molecule has 4 nitrogen and oxygen atoms in total. The van der Waals surface area contributed by atoms with E-state index in [1.165, 1.54) is 23.1 Å². The van der Waals surface area contributed by atoms with Crippen LogP contribution in [0.3, 0.4) is 0 Å². The molecule has 0 spiro atoms. The highest BCUT2D eigenvalue weighted by Gasteiger charge is 2.46. The maximum atomic E-state index is 11.5. The average molecular weight is 430 g/mol. The number of aryl methyl sites for hydroxylation is 2. The van der Waals surface area contributed by atoms with Gasteiger partial charge in [0.15, 0.2) is 0 Å². The highest BCUT2D eigenvalue weighted by Crippen LogP contribution is 2.51. The first-order valence-electron chi connectivity index (χ1n) is 12.1. The number of nitrogens with one attached hydrogen (secondary N) is 1. The van der Waals surface area contributed by atoms with E-state index >= 15 is 0 Å². The van der Waals surface area contributed by atoms with E-state index in [1.807, 2.05) is 12.1 Å². The third-order valence-corrected chi connectivity index (χ3v) is 7.71. The molecule has 0 saturated heterocycles. The summed E-state index contributed by atoms with van der Waals surface area (Å²) in [6.07, 6.45) is 8.51. The van der Waals surface area contributed by atoms with Crippen LogP contribution in [-0.2, 0) is 6.42 Å². The predicted molar refractivity (Wildman–Crippen MR) is 131 cm³/mol. The van der Waals surface area contributed by atoms with Crippen molar-refractivity contribution >= 4 is 16.6 Å². The van der Waals surface area contributed by atoms with Gasteiger partial charge in [-0.05, 0) is 87.4 Å². The number of aromatic amines is 1. The van der Waals surface area contributed by atoms with Crippen molar-refractivity contribution in [2.24, 2.45) is 11.8 Å². The summed E-state index contributed by atoms with van der Waals surface area (Å²) in [7, 11) is 2.18. The summed E-state index contributed by atoms with van der Waals surface area (Å²) in [5, 5.41) is 11.5. The molecule has 3 aliphatic rings. The van der Waals surface area contributed by atoms with Gasteiger partial charge < -0.3 is 15.0 Å². The minimum atomic E-state index is -0.553. The van der Waals surface area contributed by atoms with E-state index in [-0.39, 0.29) is 5.92 Å². The van der Waals surface area contributed by atoms with E-state index in [9.17, 15) is 5.11 Å². The summed E-state index contributed by atoms with van der Waals surface area (Å²) in [5.41, 5.74) is 5.81. The number of aromatic nitrogens is 2. The summed E-state index contributed by atoms with van der Waals surface area (Å²) in [6, 6.07) is 16.9. The van der Waals surface area contributed by atoms with Crippen molar-refractivity contribution in [1.82, 2.24) is 14.9 Å². The molecule has 32 heavy (non-hydrogen) atoms. The normalized spacial score (nSPS) is 24.9. The Labute approximate surface area is 191 Å². The maximum Gasteiger partial charge on any atom is 0.107 e. The van der Waals surface area contributed by atoms with Crippen molar-refractivity contribution in [3.63, 3.8) is 0 Å². The van der Waals surface area contributed by atoms with E-state index in [0.29, 0.717) is 5.92 Å². The van der Waals surface area contributed by atoms with E-state index < -0.39 is 5.60 Å². The zero-order valence-electron chi connectivity index (χ0n) is 19.3. The van der Waals surface area contributed by atoms with Crippen LogP contribution in [0, 0.1) is 18.8 Å². The molecule has 0 radical (unpaired) electrons. The van der Waals surface area contributed by atoms with Crippen LogP contribution in [0.1, 0.15) is 49.1 Å². The van der Waals surface area contributed by atoms with Gasteiger partial charge >= 0.3 is 0 Å². The number of H-pyrrole nitrogens is 1. The molecule has 2 aromatic carbocycles.